The van der Waals surface area contributed by atoms with Crippen molar-refractivity contribution in [3.05, 3.63) is 51.2 Å². The summed E-state index contributed by atoms with van der Waals surface area (Å²) < 4.78 is 11.7. The van der Waals surface area contributed by atoms with Crippen LogP contribution in [0.15, 0.2) is 36.4 Å². The molecule has 0 amide bonds. The van der Waals surface area contributed by atoms with E-state index in [0.29, 0.717) is 13.2 Å². The maximum Gasteiger partial charge on any atom is 0.124 e. The van der Waals surface area contributed by atoms with Crippen LogP contribution in [-0.2, 0) is 4.74 Å². The molecule has 3 nitrogen and oxygen atoms in total. The second-order valence-corrected chi connectivity index (χ2v) is 6.26. The molecular weight excluding hydrogens is 306 g/mol. The molecule has 0 spiro atoms. The van der Waals surface area contributed by atoms with Crippen LogP contribution >= 0.6 is 22.9 Å². The third-order valence-corrected chi connectivity index (χ3v) is 4.36. The fourth-order valence-electron chi connectivity index (χ4n) is 2.14. The first-order valence-corrected chi connectivity index (χ1v) is 8.15. The van der Waals surface area contributed by atoms with Crippen LogP contribution in [-0.4, -0.2) is 26.9 Å². The molecule has 5 heteroatoms. The molecule has 114 valence electrons. The van der Waals surface area contributed by atoms with E-state index in [-0.39, 0.29) is 6.04 Å². The number of ether oxygens (including phenoxy) is 2. The largest absolute Gasteiger partial charge is 0.491 e. The van der Waals surface area contributed by atoms with E-state index >= 15 is 0 Å². The van der Waals surface area contributed by atoms with E-state index in [4.69, 9.17) is 21.1 Å². The number of hydrogen-bond acceptors (Lipinski definition) is 4. The number of benzene rings is 1. The lowest BCUT2D eigenvalue weighted by Gasteiger charge is -2.20. The van der Waals surface area contributed by atoms with Gasteiger partial charge in [0.25, 0.3) is 0 Å². The van der Waals surface area contributed by atoms with Crippen LogP contribution in [0.3, 0.4) is 0 Å². The number of thiophene rings is 1. The quantitative estimate of drug-likeness (QED) is 0.740. The van der Waals surface area contributed by atoms with Gasteiger partial charge in [0.15, 0.2) is 0 Å². The van der Waals surface area contributed by atoms with Crippen LogP contribution in [0.25, 0.3) is 0 Å². The lowest BCUT2D eigenvalue weighted by atomic mass is 10.0. The zero-order chi connectivity index (χ0) is 15.1. The van der Waals surface area contributed by atoms with Crippen LogP contribution in [0.2, 0.25) is 4.34 Å². The van der Waals surface area contributed by atoms with Gasteiger partial charge in [0, 0.05) is 17.6 Å². The summed E-state index contributed by atoms with van der Waals surface area (Å²) in [7, 11) is 1.67. The summed E-state index contributed by atoms with van der Waals surface area (Å²) in [6.07, 6.45) is 0. The van der Waals surface area contributed by atoms with E-state index < -0.39 is 0 Å². The minimum absolute atomic E-state index is 0.0891. The van der Waals surface area contributed by atoms with Crippen molar-refractivity contribution in [2.24, 2.45) is 0 Å². The Labute approximate surface area is 134 Å². The number of methoxy groups -OCH3 is 1. The number of hydrogen-bond donors (Lipinski definition) is 1. The molecule has 1 aromatic heterocycles. The maximum absolute atomic E-state index is 6.08. The lowest BCUT2D eigenvalue weighted by Crippen LogP contribution is -2.22. The van der Waals surface area contributed by atoms with Crippen LogP contribution < -0.4 is 10.1 Å². The zero-order valence-electron chi connectivity index (χ0n) is 12.3. The van der Waals surface area contributed by atoms with Gasteiger partial charge in [-0.2, -0.15) is 0 Å². The second kappa shape index (κ2) is 8.39. The molecule has 1 heterocycles. The maximum atomic E-state index is 6.08. The molecule has 0 saturated carbocycles. The van der Waals surface area contributed by atoms with Gasteiger partial charge < -0.3 is 14.8 Å². The van der Waals surface area contributed by atoms with Crippen LogP contribution in [0.1, 0.15) is 23.4 Å². The molecule has 0 aliphatic carbocycles. The van der Waals surface area contributed by atoms with E-state index in [9.17, 15) is 0 Å². The molecule has 0 aliphatic heterocycles. The van der Waals surface area contributed by atoms with Gasteiger partial charge in [-0.05, 0) is 24.7 Å². The molecule has 0 fully saturated rings. The molecule has 1 aromatic carbocycles. The molecule has 0 radical (unpaired) electrons. The van der Waals surface area contributed by atoms with Gasteiger partial charge in [0.2, 0.25) is 0 Å². The highest BCUT2D eigenvalue weighted by molar-refractivity contribution is 7.16. The number of halogens is 1. The summed E-state index contributed by atoms with van der Waals surface area (Å²) >= 11 is 7.67. The summed E-state index contributed by atoms with van der Waals surface area (Å²) in [5.41, 5.74) is 1.12. The Balaban J connectivity index is 2.27. The summed E-state index contributed by atoms with van der Waals surface area (Å²) in [6, 6.07) is 12.2. The third-order valence-electron chi connectivity index (χ3n) is 3.06. The van der Waals surface area contributed by atoms with Gasteiger partial charge in [-0.15, -0.1) is 11.3 Å². The minimum Gasteiger partial charge on any atom is -0.491 e. The fourth-order valence-corrected chi connectivity index (χ4v) is 3.29. The Morgan fingerprint density at radius 1 is 1.19 bits per heavy atom. The number of nitrogens with one attached hydrogen (secondary N) is 1. The van der Waals surface area contributed by atoms with Gasteiger partial charge in [-0.25, -0.2) is 0 Å². The highest BCUT2D eigenvalue weighted by Crippen LogP contribution is 2.35. The topological polar surface area (TPSA) is 30.5 Å². The molecule has 0 aliphatic rings. The van der Waals surface area contributed by atoms with E-state index in [1.165, 1.54) is 4.88 Å². The molecular formula is C16H20ClNO2S. The summed E-state index contributed by atoms with van der Waals surface area (Å²) in [5, 5.41) is 3.50. The van der Waals surface area contributed by atoms with Crippen molar-refractivity contribution in [1.82, 2.24) is 5.32 Å². The molecule has 21 heavy (non-hydrogen) atoms. The van der Waals surface area contributed by atoms with E-state index in [0.717, 1.165) is 22.2 Å². The van der Waals surface area contributed by atoms with Crippen LogP contribution in [0.4, 0.5) is 0 Å². The second-order valence-electron chi connectivity index (χ2n) is 4.51. The van der Waals surface area contributed by atoms with Gasteiger partial charge in [-0.1, -0.05) is 36.7 Å². The van der Waals surface area contributed by atoms with Crippen molar-refractivity contribution in [3.8, 4) is 5.75 Å². The Morgan fingerprint density at radius 2 is 2.00 bits per heavy atom. The van der Waals surface area contributed by atoms with Crippen molar-refractivity contribution in [2.75, 3.05) is 26.9 Å². The summed E-state index contributed by atoms with van der Waals surface area (Å²) in [6.45, 7) is 4.08. The van der Waals surface area contributed by atoms with Gasteiger partial charge >= 0.3 is 0 Å². The van der Waals surface area contributed by atoms with Gasteiger partial charge in [0.05, 0.1) is 17.0 Å². The fraction of sp³-hybridized carbons (Fsp3) is 0.375. The van der Waals surface area contributed by atoms with Gasteiger partial charge in [-0.3, -0.25) is 0 Å². The molecule has 1 unspecified atom stereocenters. The summed E-state index contributed by atoms with van der Waals surface area (Å²) in [4.78, 5) is 1.18. The SMILES string of the molecule is CCNC(c1ccc(Cl)s1)c1ccccc1OCCOC. The zero-order valence-corrected chi connectivity index (χ0v) is 13.8. The smallest absolute Gasteiger partial charge is 0.124 e. The standard InChI is InChI=1S/C16H20ClNO2S/c1-3-18-16(14-8-9-15(17)21-14)12-6-4-5-7-13(12)20-11-10-19-2/h4-9,16,18H,3,10-11H2,1-2H3. The highest BCUT2D eigenvalue weighted by atomic mass is 35.5. The first kappa shape index (κ1) is 16.3. The predicted octanol–water partition coefficient (Wildman–Crippen LogP) is 4.13. The van der Waals surface area contributed by atoms with Crippen molar-refractivity contribution in [3.63, 3.8) is 0 Å². The van der Waals surface area contributed by atoms with E-state index in [1.807, 2.05) is 24.3 Å². The lowest BCUT2D eigenvalue weighted by molar-refractivity contribution is 0.145. The normalized spacial score (nSPS) is 12.3. The average Bonchev–Trinajstić information content (AvgIpc) is 2.92. The van der Waals surface area contributed by atoms with Crippen molar-refractivity contribution in [1.29, 1.82) is 0 Å². The van der Waals surface area contributed by atoms with Crippen LogP contribution in [0.5, 0.6) is 5.75 Å². The number of para-hydroxylation sites is 1. The van der Waals surface area contributed by atoms with Crippen molar-refractivity contribution < 1.29 is 9.47 Å². The average molecular weight is 326 g/mol. The summed E-state index contributed by atoms with van der Waals surface area (Å²) in [5.74, 6) is 0.880. The van der Waals surface area contributed by atoms with Crippen molar-refractivity contribution >= 4 is 22.9 Å². The first-order chi connectivity index (χ1) is 10.3. The first-order valence-electron chi connectivity index (χ1n) is 6.95. The molecule has 1 atom stereocenters. The Morgan fingerprint density at radius 3 is 2.67 bits per heavy atom. The monoisotopic (exact) mass is 325 g/mol. The van der Waals surface area contributed by atoms with Gasteiger partial charge in [0.1, 0.15) is 12.4 Å². The van der Waals surface area contributed by atoms with E-state index in [1.54, 1.807) is 18.4 Å². The predicted molar refractivity (Wildman–Crippen MR) is 88.7 cm³/mol. The highest BCUT2D eigenvalue weighted by Gasteiger charge is 2.19. The number of rotatable bonds is 8. The Hall–Kier alpha value is -1.07. The molecule has 0 saturated heterocycles. The Kier molecular flexibility index (Phi) is 6.51. The molecule has 2 rings (SSSR count). The minimum atomic E-state index is 0.0891. The molecule has 0 bridgehead atoms. The molecule has 1 N–H and O–H groups in total. The Bertz CT molecular complexity index is 559. The third kappa shape index (κ3) is 4.45. The van der Waals surface area contributed by atoms with Crippen molar-refractivity contribution in [2.45, 2.75) is 13.0 Å². The van der Waals surface area contributed by atoms with Crippen LogP contribution in [0, 0.1) is 0 Å². The van der Waals surface area contributed by atoms with E-state index in [2.05, 4.69) is 24.4 Å². The molecule has 2 aromatic rings.